The second-order valence-electron chi connectivity index (χ2n) is 7.84. The van der Waals surface area contributed by atoms with Crippen LogP contribution in [0.3, 0.4) is 0 Å². The van der Waals surface area contributed by atoms with Crippen molar-refractivity contribution in [1.82, 2.24) is 10.2 Å². The largest absolute Gasteiger partial charge is 0.389 e. The molecule has 3 heteroatoms. The van der Waals surface area contributed by atoms with E-state index < -0.39 is 5.60 Å². The van der Waals surface area contributed by atoms with E-state index in [1.54, 1.807) is 0 Å². The normalized spacial score (nSPS) is 37.5. The van der Waals surface area contributed by atoms with Crippen LogP contribution in [0, 0.1) is 11.8 Å². The average molecular weight is 280 g/mol. The zero-order valence-electron chi connectivity index (χ0n) is 13.3. The van der Waals surface area contributed by atoms with Gasteiger partial charge in [0.2, 0.25) is 0 Å². The summed E-state index contributed by atoms with van der Waals surface area (Å²) >= 11 is 0. The van der Waals surface area contributed by atoms with Crippen LogP contribution in [0.1, 0.15) is 58.8 Å². The Balaban J connectivity index is 1.59. The minimum Gasteiger partial charge on any atom is -0.389 e. The molecule has 3 rings (SSSR count). The molecule has 0 spiro atoms. The number of likely N-dealkylation sites (tertiary alicyclic amines) is 1. The first-order valence-corrected chi connectivity index (χ1v) is 8.77. The summed E-state index contributed by atoms with van der Waals surface area (Å²) < 4.78 is 0. The lowest BCUT2D eigenvalue weighted by molar-refractivity contribution is 0.00379. The van der Waals surface area contributed by atoms with E-state index in [9.17, 15) is 5.11 Å². The van der Waals surface area contributed by atoms with Crippen molar-refractivity contribution in [3.8, 4) is 0 Å². The first-order chi connectivity index (χ1) is 9.57. The van der Waals surface area contributed by atoms with Gasteiger partial charge in [-0.2, -0.15) is 0 Å². The van der Waals surface area contributed by atoms with Crippen molar-refractivity contribution >= 4 is 0 Å². The average Bonchev–Trinajstić information content (AvgIpc) is 2.82. The van der Waals surface area contributed by atoms with Crippen LogP contribution in [0.25, 0.3) is 0 Å². The summed E-state index contributed by atoms with van der Waals surface area (Å²) in [4.78, 5) is 2.66. The van der Waals surface area contributed by atoms with E-state index in [-0.39, 0.29) is 0 Å². The zero-order chi connectivity index (χ0) is 14.2. The third kappa shape index (κ3) is 3.05. The molecule has 20 heavy (non-hydrogen) atoms. The third-order valence-corrected chi connectivity index (χ3v) is 6.03. The van der Waals surface area contributed by atoms with E-state index >= 15 is 0 Å². The van der Waals surface area contributed by atoms with Gasteiger partial charge in [0.05, 0.1) is 5.60 Å². The minimum absolute atomic E-state index is 0.399. The van der Waals surface area contributed by atoms with Crippen molar-refractivity contribution in [1.29, 1.82) is 0 Å². The van der Waals surface area contributed by atoms with Gasteiger partial charge in [0, 0.05) is 31.7 Å². The van der Waals surface area contributed by atoms with Gasteiger partial charge in [0.25, 0.3) is 0 Å². The Morgan fingerprint density at radius 1 is 1.10 bits per heavy atom. The number of hydrogen-bond acceptors (Lipinski definition) is 3. The summed E-state index contributed by atoms with van der Waals surface area (Å²) in [5.74, 6) is 1.60. The van der Waals surface area contributed by atoms with Gasteiger partial charge in [0.15, 0.2) is 0 Å². The molecule has 1 heterocycles. The van der Waals surface area contributed by atoms with E-state index in [4.69, 9.17) is 0 Å². The molecule has 0 aromatic rings. The summed E-state index contributed by atoms with van der Waals surface area (Å²) in [5.41, 5.74) is -0.399. The first kappa shape index (κ1) is 14.8. The fourth-order valence-electron chi connectivity index (χ4n) is 4.75. The van der Waals surface area contributed by atoms with E-state index in [0.29, 0.717) is 12.1 Å². The number of nitrogens with one attached hydrogen (secondary N) is 1. The summed E-state index contributed by atoms with van der Waals surface area (Å²) in [7, 11) is 0. The van der Waals surface area contributed by atoms with Crippen molar-refractivity contribution < 1.29 is 5.11 Å². The summed E-state index contributed by atoms with van der Waals surface area (Å²) in [6.45, 7) is 7.98. The molecule has 2 N–H and O–H groups in total. The van der Waals surface area contributed by atoms with Gasteiger partial charge >= 0.3 is 0 Å². The van der Waals surface area contributed by atoms with E-state index in [0.717, 1.165) is 31.2 Å². The van der Waals surface area contributed by atoms with E-state index in [2.05, 4.69) is 24.1 Å². The maximum atomic E-state index is 10.6. The van der Waals surface area contributed by atoms with Crippen molar-refractivity contribution in [2.45, 2.75) is 76.5 Å². The summed E-state index contributed by atoms with van der Waals surface area (Å²) in [6.07, 6.45) is 8.56. The fourth-order valence-corrected chi connectivity index (χ4v) is 4.75. The Hall–Kier alpha value is -0.120. The Morgan fingerprint density at radius 3 is 2.25 bits per heavy atom. The lowest BCUT2D eigenvalue weighted by Gasteiger charge is -2.49. The van der Waals surface area contributed by atoms with Gasteiger partial charge in [-0.15, -0.1) is 0 Å². The summed E-state index contributed by atoms with van der Waals surface area (Å²) in [6, 6.07) is 1.33. The molecule has 2 atom stereocenters. The molecule has 2 unspecified atom stereocenters. The van der Waals surface area contributed by atoms with E-state index in [1.165, 1.54) is 45.2 Å². The third-order valence-electron chi connectivity index (χ3n) is 6.03. The van der Waals surface area contributed by atoms with Crippen molar-refractivity contribution in [3.05, 3.63) is 0 Å². The van der Waals surface area contributed by atoms with Gasteiger partial charge in [-0.25, -0.2) is 0 Å². The van der Waals surface area contributed by atoms with Crippen molar-refractivity contribution in [2.24, 2.45) is 11.8 Å². The van der Waals surface area contributed by atoms with Crippen LogP contribution >= 0.6 is 0 Å². The van der Waals surface area contributed by atoms with Crippen LogP contribution in [0.2, 0.25) is 0 Å². The molecule has 1 saturated heterocycles. The Kier molecular flexibility index (Phi) is 4.40. The quantitative estimate of drug-likeness (QED) is 0.830. The van der Waals surface area contributed by atoms with Crippen molar-refractivity contribution in [3.63, 3.8) is 0 Å². The molecule has 2 bridgehead atoms. The molecule has 0 aromatic heterocycles. The molecule has 0 aromatic carbocycles. The summed E-state index contributed by atoms with van der Waals surface area (Å²) in [5, 5.41) is 14.3. The van der Waals surface area contributed by atoms with Crippen LogP contribution in [-0.2, 0) is 0 Å². The highest BCUT2D eigenvalue weighted by atomic mass is 16.3. The first-order valence-electron chi connectivity index (χ1n) is 8.77. The lowest BCUT2D eigenvalue weighted by atomic mass is 9.73. The SMILES string of the molecule is CC(C)N1CC2CCCC(C1)C2NCC1(O)CCCC1. The molecule has 1 aliphatic heterocycles. The smallest absolute Gasteiger partial charge is 0.0771 e. The topological polar surface area (TPSA) is 35.5 Å². The van der Waals surface area contributed by atoms with Gasteiger partial charge < -0.3 is 15.3 Å². The van der Waals surface area contributed by atoms with Gasteiger partial charge in [-0.05, 0) is 51.4 Å². The lowest BCUT2D eigenvalue weighted by Crippen LogP contribution is -2.60. The Labute approximate surface area is 124 Å². The highest BCUT2D eigenvalue weighted by Gasteiger charge is 2.41. The Morgan fingerprint density at radius 2 is 1.70 bits per heavy atom. The standard InChI is InChI=1S/C17H32N2O/c1-13(2)19-10-14-6-5-7-15(11-19)16(14)18-12-17(20)8-3-4-9-17/h13-16,18,20H,3-12H2,1-2H3. The number of rotatable bonds is 4. The van der Waals surface area contributed by atoms with Crippen LogP contribution < -0.4 is 5.32 Å². The number of hydrogen-bond donors (Lipinski definition) is 2. The second-order valence-corrected chi connectivity index (χ2v) is 7.84. The van der Waals surface area contributed by atoms with E-state index in [1.807, 2.05) is 0 Å². The van der Waals surface area contributed by atoms with Gasteiger partial charge in [-0.3, -0.25) is 0 Å². The van der Waals surface area contributed by atoms with Gasteiger partial charge in [0.1, 0.15) is 0 Å². The predicted octanol–water partition coefficient (Wildman–Crippen LogP) is 2.39. The molecule has 2 aliphatic carbocycles. The molecule has 3 nitrogen and oxygen atoms in total. The highest BCUT2D eigenvalue weighted by molar-refractivity contribution is 4.97. The maximum absolute atomic E-state index is 10.6. The molecular formula is C17H32N2O. The molecule has 3 fully saturated rings. The number of nitrogens with zero attached hydrogens (tertiary/aromatic N) is 1. The molecule has 0 amide bonds. The van der Waals surface area contributed by atoms with Crippen LogP contribution in [0.5, 0.6) is 0 Å². The minimum atomic E-state index is -0.399. The van der Waals surface area contributed by atoms with Crippen LogP contribution in [-0.4, -0.2) is 47.3 Å². The second kappa shape index (κ2) is 5.94. The fraction of sp³-hybridized carbons (Fsp3) is 1.00. The number of piperidine rings is 1. The molecule has 0 radical (unpaired) electrons. The predicted molar refractivity (Wildman–Crippen MR) is 82.7 cm³/mol. The highest BCUT2D eigenvalue weighted by Crippen LogP contribution is 2.36. The molecule has 116 valence electrons. The van der Waals surface area contributed by atoms with Crippen LogP contribution in [0.15, 0.2) is 0 Å². The number of aliphatic hydroxyl groups is 1. The monoisotopic (exact) mass is 280 g/mol. The zero-order valence-corrected chi connectivity index (χ0v) is 13.3. The maximum Gasteiger partial charge on any atom is 0.0771 e. The molecular weight excluding hydrogens is 248 g/mol. The molecule has 2 saturated carbocycles. The molecule has 3 aliphatic rings. The van der Waals surface area contributed by atoms with Gasteiger partial charge in [-0.1, -0.05) is 19.3 Å². The van der Waals surface area contributed by atoms with Crippen molar-refractivity contribution in [2.75, 3.05) is 19.6 Å². The number of fused-ring (bicyclic) bond motifs is 2. The van der Waals surface area contributed by atoms with Crippen LogP contribution in [0.4, 0.5) is 0 Å². The Bertz CT molecular complexity index is 311.